The molecule has 0 amide bonds. The molecule has 4 heteroatoms. The number of aryl methyl sites for hydroxylation is 1. The van der Waals surface area contributed by atoms with E-state index >= 15 is 0 Å². The van der Waals surface area contributed by atoms with Crippen LogP contribution in [0.2, 0.25) is 0 Å². The summed E-state index contributed by atoms with van der Waals surface area (Å²) in [5, 5.41) is 22.4. The van der Waals surface area contributed by atoms with Crippen molar-refractivity contribution in [3.8, 4) is 11.5 Å². The van der Waals surface area contributed by atoms with Gasteiger partial charge in [0, 0.05) is 16.2 Å². The summed E-state index contributed by atoms with van der Waals surface area (Å²) < 4.78 is 14.3. The predicted molar refractivity (Wildman–Crippen MR) is 98.6 cm³/mol. The molecule has 24 heavy (non-hydrogen) atoms. The van der Waals surface area contributed by atoms with Crippen molar-refractivity contribution in [1.82, 2.24) is 0 Å². The highest BCUT2D eigenvalue weighted by Gasteiger charge is 2.35. The molecule has 0 spiro atoms. The van der Waals surface area contributed by atoms with Crippen LogP contribution >= 0.6 is 7.14 Å². The average molecular weight is 338 g/mol. The van der Waals surface area contributed by atoms with E-state index in [0.717, 1.165) is 0 Å². The van der Waals surface area contributed by atoms with Crippen molar-refractivity contribution in [2.45, 2.75) is 13.8 Å². The molecule has 0 atom stereocenters. The first-order valence-corrected chi connectivity index (χ1v) is 9.41. The van der Waals surface area contributed by atoms with Crippen LogP contribution < -0.4 is 15.9 Å². The van der Waals surface area contributed by atoms with E-state index in [4.69, 9.17) is 0 Å². The van der Waals surface area contributed by atoms with Gasteiger partial charge in [-0.05, 0) is 25.5 Å². The average Bonchev–Trinajstić information content (AvgIpc) is 2.61. The molecule has 3 aromatic rings. The first kappa shape index (κ1) is 16.4. The van der Waals surface area contributed by atoms with Crippen molar-refractivity contribution < 1.29 is 14.8 Å². The largest absolute Gasteiger partial charge is 0.507 e. The Labute approximate surface area is 141 Å². The van der Waals surface area contributed by atoms with Gasteiger partial charge in [0.05, 0.1) is 5.30 Å². The zero-order valence-electron chi connectivity index (χ0n) is 13.6. The quantitative estimate of drug-likeness (QED) is 0.569. The van der Waals surface area contributed by atoms with E-state index in [0.29, 0.717) is 27.0 Å². The fourth-order valence-corrected chi connectivity index (χ4v) is 5.99. The Morgan fingerprint density at radius 1 is 0.792 bits per heavy atom. The number of benzene rings is 3. The molecule has 2 N–H and O–H groups in total. The molecular formula is C20H19O3P. The molecule has 0 aliphatic carbocycles. The summed E-state index contributed by atoms with van der Waals surface area (Å²) in [5.41, 5.74) is 1.00. The van der Waals surface area contributed by atoms with Gasteiger partial charge in [-0.15, -0.1) is 0 Å². The van der Waals surface area contributed by atoms with Gasteiger partial charge >= 0.3 is 0 Å². The molecule has 0 saturated heterocycles. The molecule has 0 radical (unpaired) electrons. The van der Waals surface area contributed by atoms with Crippen LogP contribution in [0.3, 0.4) is 0 Å². The van der Waals surface area contributed by atoms with E-state index in [2.05, 4.69) is 0 Å². The van der Waals surface area contributed by atoms with E-state index in [-0.39, 0.29) is 11.5 Å². The van der Waals surface area contributed by atoms with Gasteiger partial charge in [0.1, 0.15) is 11.5 Å². The summed E-state index contributed by atoms with van der Waals surface area (Å²) in [6, 6.07) is 19.7. The van der Waals surface area contributed by atoms with Crippen LogP contribution in [0, 0.1) is 13.8 Å². The van der Waals surface area contributed by atoms with Crippen LogP contribution in [0.25, 0.3) is 0 Å². The summed E-state index contributed by atoms with van der Waals surface area (Å²) in [6.45, 7) is 3.40. The maximum atomic E-state index is 14.3. The fraction of sp³-hybridized carbons (Fsp3) is 0.100. The molecule has 0 saturated carbocycles. The molecule has 0 aliphatic heterocycles. The summed E-state index contributed by atoms with van der Waals surface area (Å²) in [6.07, 6.45) is 0. The van der Waals surface area contributed by atoms with Crippen molar-refractivity contribution in [2.75, 3.05) is 0 Å². The van der Waals surface area contributed by atoms with Gasteiger partial charge in [-0.25, -0.2) is 0 Å². The third kappa shape index (κ3) is 2.51. The second-order valence-electron chi connectivity index (χ2n) is 5.82. The molecular weight excluding hydrogens is 319 g/mol. The third-order valence-electron chi connectivity index (χ3n) is 4.23. The van der Waals surface area contributed by atoms with E-state index in [1.54, 1.807) is 38.1 Å². The lowest BCUT2D eigenvalue weighted by Crippen LogP contribution is -2.27. The molecule has 122 valence electrons. The maximum absolute atomic E-state index is 14.3. The molecule has 0 aromatic heterocycles. The minimum Gasteiger partial charge on any atom is -0.507 e. The lowest BCUT2D eigenvalue weighted by molar-refractivity contribution is 0.456. The molecule has 0 unspecified atom stereocenters. The highest BCUT2D eigenvalue weighted by molar-refractivity contribution is 7.85. The normalized spacial score (nSPS) is 11.4. The molecule has 3 nitrogen and oxygen atoms in total. The Morgan fingerprint density at radius 2 is 1.25 bits per heavy atom. The Morgan fingerprint density at radius 3 is 1.71 bits per heavy atom. The van der Waals surface area contributed by atoms with Crippen LogP contribution in [-0.4, -0.2) is 10.2 Å². The predicted octanol–water partition coefficient (Wildman–Crippen LogP) is 3.35. The maximum Gasteiger partial charge on any atom is 0.175 e. The standard InChI is InChI=1S/C20H19O3P/c1-14-13-18(21)20(15(2)19(14)22)24(23,16-9-5-3-6-10-16)17-11-7-4-8-12-17/h3-13,21-22H,1-2H3. The van der Waals surface area contributed by atoms with Gasteiger partial charge in [0.15, 0.2) is 7.14 Å². The Kier molecular flexibility index (Phi) is 4.21. The zero-order chi connectivity index (χ0) is 17.3. The number of phenols is 2. The van der Waals surface area contributed by atoms with Gasteiger partial charge in [-0.1, -0.05) is 60.7 Å². The fourth-order valence-electron chi connectivity index (χ4n) is 3.02. The SMILES string of the molecule is Cc1cc(O)c(P(=O)(c2ccccc2)c2ccccc2)c(C)c1O. The third-order valence-corrected chi connectivity index (χ3v) is 7.48. The van der Waals surface area contributed by atoms with E-state index in [9.17, 15) is 14.8 Å². The van der Waals surface area contributed by atoms with Gasteiger partial charge in [0.2, 0.25) is 0 Å². The van der Waals surface area contributed by atoms with Gasteiger partial charge in [0.25, 0.3) is 0 Å². The van der Waals surface area contributed by atoms with Gasteiger partial charge in [-0.2, -0.15) is 0 Å². The number of hydrogen-bond acceptors (Lipinski definition) is 3. The Hall–Kier alpha value is -2.51. The van der Waals surface area contributed by atoms with Crippen molar-refractivity contribution in [1.29, 1.82) is 0 Å². The van der Waals surface area contributed by atoms with Crippen LogP contribution in [0.5, 0.6) is 11.5 Å². The van der Waals surface area contributed by atoms with Gasteiger partial charge in [-0.3, -0.25) is 0 Å². The number of aromatic hydroxyl groups is 2. The molecule has 3 aromatic carbocycles. The minimum absolute atomic E-state index is 0.0566. The summed E-state index contributed by atoms with van der Waals surface area (Å²) in [5.74, 6) is 0.00808. The van der Waals surface area contributed by atoms with Gasteiger partial charge < -0.3 is 14.8 Å². The van der Waals surface area contributed by atoms with Crippen molar-refractivity contribution in [3.63, 3.8) is 0 Å². The van der Waals surface area contributed by atoms with E-state index in [1.165, 1.54) is 6.07 Å². The second kappa shape index (κ2) is 6.18. The van der Waals surface area contributed by atoms with Crippen LogP contribution in [0.4, 0.5) is 0 Å². The smallest absolute Gasteiger partial charge is 0.175 e. The monoisotopic (exact) mass is 338 g/mol. The number of rotatable bonds is 3. The van der Waals surface area contributed by atoms with E-state index in [1.807, 2.05) is 36.4 Å². The molecule has 3 rings (SSSR count). The lowest BCUT2D eigenvalue weighted by atomic mass is 10.1. The first-order chi connectivity index (χ1) is 11.5. The second-order valence-corrected chi connectivity index (χ2v) is 8.51. The van der Waals surface area contributed by atoms with Crippen molar-refractivity contribution in [2.24, 2.45) is 0 Å². The van der Waals surface area contributed by atoms with Crippen molar-refractivity contribution in [3.05, 3.63) is 77.9 Å². The van der Waals surface area contributed by atoms with Crippen LogP contribution in [-0.2, 0) is 4.57 Å². The highest BCUT2D eigenvalue weighted by atomic mass is 31.2. The summed E-state index contributed by atoms with van der Waals surface area (Å²) >= 11 is 0. The lowest BCUT2D eigenvalue weighted by Gasteiger charge is -2.23. The van der Waals surface area contributed by atoms with Crippen LogP contribution in [0.1, 0.15) is 11.1 Å². The molecule has 0 fully saturated rings. The molecule has 0 bridgehead atoms. The van der Waals surface area contributed by atoms with Crippen LogP contribution in [0.15, 0.2) is 66.7 Å². The number of hydrogen-bond donors (Lipinski definition) is 2. The Bertz CT molecular complexity index is 875. The van der Waals surface area contributed by atoms with E-state index < -0.39 is 7.14 Å². The molecule has 0 aliphatic rings. The minimum atomic E-state index is -3.31. The summed E-state index contributed by atoms with van der Waals surface area (Å²) in [7, 11) is -3.31. The first-order valence-electron chi connectivity index (χ1n) is 7.70. The zero-order valence-corrected chi connectivity index (χ0v) is 14.5. The number of phenolic OH excluding ortho intramolecular Hbond substituents is 2. The van der Waals surface area contributed by atoms with Crippen molar-refractivity contribution >= 4 is 23.1 Å². The summed E-state index contributed by atoms with van der Waals surface area (Å²) in [4.78, 5) is 0. The highest BCUT2D eigenvalue weighted by Crippen LogP contribution is 2.47. The molecule has 0 heterocycles. The Balaban J connectivity index is 2.42. The topological polar surface area (TPSA) is 57.5 Å².